The molecule has 21 heavy (non-hydrogen) atoms. The maximum absolute atomic E-state index is 11.2. The van der Waals surface area contributed by atoms with Gasteiger partial charge in [0.05, 0.1) is 4.92 Å². The van der Waals surface area contributed by atoms with Crippen LogP contribution in [0.1, 0.15) is 31.2 Å². The Labute approximate surface area is 121 Å². The number of carboxylic acid groups (broad SMARTS) is 1. The molecule has 0 radical (unpaired) electrons. The molecule has 1 aliphatic carbocycles. The summed E-state index contributed by atoms with van der Waals surface area (Å²) in [6, 6.07) is 4.50. The van der Waals surface area contributed by atoms with Gasteiger partial charge in [0.25, 0.3) is 5.69 Å². The maximum Gasteiger partial charge on any atom is 0.323 e. The number of hydrogen-bond donors (Lipinski definition) is 2. The monoisotopic (exact) mass is 294 g/mol. The van der Waals surface area contributed by atoms with Crippen LogP contribution in [0.15, 0.2) is 18.2 Å². The normalized spacial score (nSPS) is 25.3. The highest BCUT2D eigenvalue weighted by Gasteiger charge is 2.40. The molecular formula is C14H18N2O5. The van der Waals surface area contributed by atoms with Crippen molar-refractivity contribution < 1.29 is 19.6 Å². The number of nitrogens with zero attached hydrogens (tertiary/aromatic N) is 1. The number of aryl methyl sites for hydroxylation is 1. The molecule has 2 unspecified atom stereocenters. The van der Waals surface area contributed by atoms with Crippen molar-refractivity contribution in [1.29, 1.82) is 0 Å². The predicted molar refractivity (Wildman–Crippen MR) is 75.3 cm³/mol. The Morgan fingerprint density at radius 3 is 2.86 bits per heavy atom. The summed E-state index contributed by atoms with van der Waals surface area (Å²) in [6.45, 7) is 1.64. The second-order valence-corrected chi connectivity index (χ2v) is 5.50. The molecule has 1 aromatic carbocycles. The Balaban J connectivity index is 2.10. The first-order valence-electron chi connectivity index (χ1n) is 6.76. The lowest BCUT2D eigenvalue weighted by Crippen LogP contribution is -2.53. The van der Waals surface area contributed by atoms with Crippen LogP contribution in [0.4, 0.5) is 5.69 Å². The lowest BCUT2D eigenvalue weighted by atomic mass is 9.81. The predicted octanol–water partition coefficient (Wildman–Crippen LogP) is 2.01. The van der Waals surface area contributed by atoms with E-state index in [9.17, 15) is 14.9 Å². The molecule has 7 heteroatoms. The van der Waals surface area contributed by atoms with E-state index in [1.54, 1.807) is 13.0 Å². The van der Waals surface area contributed by atoms with E-state index in [1.165, 1.54) is 12.1 Å². The summed E-state index contributed by atoms with van der Waals surface area (Å²) in [5, 5.41) is 19.9. The van der Waals surface area contributed by atoms with Crippen LogP contribution < -0.4 is 10.5 Å². The SMILES string of the molecule is Cc1cc(OC2CCCC(N)(C(=O)O)C2)ccc1[N+](=O)[O-]. The second-order valence-electron chi connectivity index (χ2n) is 5.50. The molecule has 0 aromatic heterocycles. The standard InChI is InChI=1S/C14H18N2O5/c1-9-7-10(4-5-12(9)16(19)20)21-11-3-2-6-14(15,8-11)13(17)18/h4-5,7,11H,2-3,6,8,15H2,1H3,(H,17,18). The number of ether oxygens (including phenoxy) is 1. The molecule has 0 amide bonds. The molecular weight excluding hydrogens is 276 g/mol. The molecule has 3 N–H and O–H groups in total. The summed E-state index contributed by atoms with van der Waals surface area (Å²) in [5.74, 6) is -0.520. The van der Waals surface area contributed by atoms with E-state index in [2.05, 4.69) is 0 Å². The number of hydrogen-bond acceptors (Lipinski definition) is 5. The lowest BCUT2D eigenvalue weighted by Gasteiger charge is -2.34. The maximum atomic E-state index is 11.2. The molecule has 2 rings (SSSR count). The molecule has 114 valence electrons. The van der Waals surface area contributed by atoms with Gasteiger partial charge in [-0.15, -0.1) is 0 Å². The molecule has 0 saturated heterocycles. The first-order valence-corrected chi connectivity index (χ1v) is 6.76. The third-order valence-corrected chi connectivity index (χ3v) is 3.83. The number of aliphatic carboxylic acids is 1. The van der Waals surface area contributed by atoms with Crippen LogP contribution in [0.5, 0.6) is 5.75 Å². The van der Waals surface area contributed by atoms with Gasteiger partial charge in [0.1, 0.15) is 17.4 Å². The first-order chi connectivity index (χ1) is 9.82. The minimum Gasteiger partial charge on any atom is -0.490 e. The van der Waals surface area contributed by atoms with Gasteiger partial charge < -0.3 is 15.6 Å². The summed E-state index contributed by atoms with van der Waals surface area (Å²) in [6.07, 6.45) is 1.78. The van der Waals surface area contributed by atoms with Gasteiger partial charge in [-0.3, -0.25) is 14.9 Å². The number of carboxylic acids is 1. The highest BCUT2D eigenvalue weighted by atomic mass is 16.6. The quantitative estimate of drug-likeness (QED) is 0.648. The molecule has 0 spiro atoms. The van der Waals surface area contributed by atoms with Crippen LogP contribution in [-0.2, 0) is 4.79 Å². The van der Waals surface area contributed by atoms with Gasteiger partial charge in [-0.2, -0.15) is 0 Å². The van der Waals surface area contributed by atoms with Crippen molar-refractivity contribution in [1.82, 2.24) is 0 Å². The number of carbonyl (C=O) groups is 1. The van der Waals surface area contributed by atoms with Crippen molar-refractivity contribution in [2.75, 3.05) is 0 Å². The molecule has 1 aromatic rings. The number of nitro groups is 1. The Morgan fingerprint density at radius 1 is 1.57 bits per heavy atom. The van der Waals surface area contributed by atoms with E-state index in [4.69, 9.17) is 15.6 Å². The van der Waals surface area contributed by atoms with Gasteiger partial charge in [0, 0.05) is 18.1 Å². The highest BCUT2D eigenvalue weighted by molar-refractivity contribution is 5.78. The molecule has 1 aliphatic rings. The fraction of sp³-hybridized carbons (Fsp3) is 0.500. The molecule has 0 aliphatic heterocycles. The summed E-state index contributed by atoms with van der Waals surface area (Å²) >= 11 is 0. The summed E-state index contributed by atoms with van der Waals surface area (Å²) in [7, 11) is 0. The first kappa shape index (κ1) is 15.2. The van der Waals surface area contributed by atoms with Gasteiger partial charge in [-0.05, 0) is 38.3 Å². The van der Waals surface area contributed by atoms with Gasteiger partial charge in [0.15, 0.2) is 0 Å². The van der Waals surface area contributed by atoms with E-state index in [0.29, 0.717) is 24.2 Å². The number of nitro benzene ring substituents is 1. The van der Waals surface area contributed by atoms with Crippen LogP contribution in [0.25, 0.3) is 0 Å². The van der Waals surface area contributed by atoms with Gasteiger partial charge in [0.2, 0.25) is 0 Å². The van der Waals surface area contributed by atoms with Crippen LogP contribution in [-0.4, -0.2) is 27.6 Å². The van der Waals surface area contributed by atoms with E-state index in [-0.39, 0.29) is 18.2 Å². The van der Waals surface area contributed by atoms with E-state index >= 15 is 0 Å². The van der Waals surface area contributed by atoms with Crippen molar-refractivity contribution in [2.45, 2.75) is 44.2 Å². The fourth-order valence-electron chi connectivity index (χ4n) is 2.65. The van der Waals surface area contributed by atoms with E-state index < -0.39 is 16.4 Å². The Kier molecular flexibility index (Phi) is 4.13. The van der Waals surface area contributed by atoms with Gasteiger partial charge in [-0.25, -0.2) is 0 Å². The third kappa shape index (κ3) is 3.30. The fourth-order valence-corrected chi connectivity index (χ4v) is 2.65. The zero-order valence-corrected chi connectivity index (χ0v) is 11.7. The van der Waals surface area contributed by atoms with E-state index in [0.717, 1.165) is 6.42 Å². The third-order valence-electron chi connectivity index (χ3n) is 3.83. The second kappa shape index (κ2) is 5.69. The zero-order chi connectivity index (χ0) is 15.6. The van der Waals surface area contributed by atoms with Crippen molar-refractivity contribution >= 4 is 11.7 Å². The summed E-state index contributed by atoms with van der Waals surface area (Å²) in [4.78, 5) is 21.5. The number of benzene rings is 1. The number of rotatable bonds is 4. The van der Waals surface area contributed by atoms with Crippen LogP contribution >= 0.6 is 0 Å². The highest BCUT2D eigenvalue weighted by Crippen LogP contribution is 2.31. The largest absolute Gasteiger partial charge is 0.490 e. The Bertz CT molecular complexity index is 574. The molecule has 7 nitrogen and oxygen atoms in total. The average molecular weight is 294 g/mol. The average Bonchev–Trinajstić information content (AvgIpc) is 2.38. The Hall–Kier alpha value is -2.15. The van der Waals surface area contributed by atoms with Gasteiger partial charge >= 0.3 is 5.97 Å². The van der Waals surface area contributed by atoms with Crippen LogP contribution in [0, 0.1) is 17.0 Å². The van der Waals surface area contributed by atoms with Crippen molar-refractivity contribution in [2.24, 2.45) is 5.73 Å². The van der Waals surface area contributed by atoms with Gasteiger partial charge in [-0.1, -0.05) is 0 Å². The lowest BCUT2D eigenvalue weighted by molar-refractivity contribution is -0.385. The molecule has 1 saturated carbocycles. The van der Waals surface area contributed by atoms with Crippen LogP contribution in [0.2, 0.25) is 0 Å². The minimum absolute atomic E-state index is 0.0321. The molecule has 0 bridgehead atoms. The molecule has 2 atom stereocenters. The van der Waals surface area contributed by atoms with Crippen molar-refractivity contribution in [3.05, 3.63) is 33.9 Å². The summed E-state index contributed by atoms with van der Waals surface area (Å²) < 4.78 is 5.75. The topological polar surface area (TPSA) is 116 Å². The number of nitrogens with two attached hydrogens (primary N) is 1. The summed E-state index contributed by atoms with van der Waals surface area (Å²) in [5.41, 5.74) is 5.16. The smallest absolute Gasteiger partial charge is 0.323 e. The molecule has 0 heterocycles. The zero-order valence-electron chi connectivity index (χ0n) is 11.7. The minimum atomic E-state index is -1.25. The molecule has 1 fully saturated rings. The van der Waals surface area contributed by atoms with Crippen LogP contribution in [0.3, 0.4) is 0 Å². The van der Waals surface area contributed by atoms with Crippen molar-refractivity contribution in [3.63, 3.8) is 0 Å². The Morgan fingerprint density at radius 2 is 2.29 bits per heavy atom. The van der Waals surface area contributed by atoms with Crippen molar-refractivity contribution in [3.8, 4) is 5.75 Å². The van der Waals surface area contributed by atoms with E-state index in [1.807, 2.05) is 0 Å².